The number of carbonyl (C=O) groups is 2. The number of H-pyrrole nitrogens is 1. The lowest BCUT2D eigenvalue weighted by Crippen LogP contribution is -2.49. The number of allylic oxidation sites excluding steroid dienone is 2. The lowest BCUT2D eigenvalue weighted by molar-refractivity contribution is -0.123. The lowest BCUT2D eigenvalue weighted by atomic mass is 10.1. The highest BCUT2D eigenvalue weighted by atomic mass is 32.2. The molecule has 1 amide bonds. The summed E-state index contributed by atoms with van der Waals surface area (Å²) in [6.45, 7) is 7.22. The number of rotatable bonds is 12. The summed E-state index contributed by atoms with van der Waals surface area (Å²) in [5.74, 6) is 0.941. The SMILES string of the molecule is CC=CC(=O)CCC(=O)NCCS(=O)(=O)N1CCN(Cc2cc3nc(-c4cccc5[nH]ncc45)nc(N4CCOCC4)c3s2)CC1. The van der Waals surface area contributed by atoms with Crippen LogP contribution in [-0.2, 0) is 30.9 Å². The summed E-state index contributed by atoms with van der Waals surface area (Å²) in [5.41, 5.74) is 2.74. The van der Waals surface area contributed by atoms with Crippen LogP contribution in [0, 0.1) is 0 Å². The predicted molar refractivity (Wildman–Crippen MR) is 178 cm³/mol. The minimum Gasteiger partial charge on any atom is -0.378 e. The van der Waals surface area contributed by atoms with Crippen molar-refractivity contribution >= 4 is 60.0 Å². The van der Waals surface area contributed by atoms with Crippen LogP contribution in [0.5, 0.6) is 0 Å². The number of ketones is 1. The van der Waals surface area contributed by atoms with Gasteiger partial charge in [-0.1, -0.05) is 18.2 Å². The number of ether oxygens (including phenoxy) is 1. The van der Waals surface area contributed by atoms with Gasteiger partial charge in [0.05, 0.1) is 40.9 Å². The first-order chi connectivity index (χ1) is 22.3. The van der Waals surface area contributed by atoms with Crippen LogP contribution in [0.4, 0.5) is 5.82 Å². The molecule has 2 aliphatic rings. The lowest BCUT2D eigenvalue weighted by Gasteiger charge is -2.33. The van der Waals surface area contributed by atoms with Crippen LogP contribution in [0.2, 0.25) is 0 Å². The zero-order valence-corrected chi connectivity index (χ0v) is 27.4. The molecule has 0 atom stereocenters. The number of sulfonamides is 1. The molecule has 13 nitrogen and oxygen atoms in total. The number of hydrogen-bond donors (Lipinski definition) is 2. The van der Waals surface area contributed by atoms with Crippen LogP contribution in [0.3, 0.4) is 0 Å². The Morgan fingerprint density at radius 2 is 1.89 bits per heavy atom. The van der Waals surface area contributed by atoms with E-state index in [1.54, 1.807) is 30.5 Å². The molecule has 46 heavy (non-hydrogen) atoms. The third-order valence-corrected chi connectivity index (χ3v) is 11.2. The molecule has 2 N–H and O–H groups in total. The number of nitrogens with one attached hydrogen (secondary N) is 2. The Kier molecular flexibility index (Phi) is 10.0. The highest BCUT2D eigenvalue weighted by molar-refractivity contribution is 7.89. The van der Waals surface area contributed by atoms with E-state index in [0.29, 0.717) is 51.8 Å². The van der Waals surface area contributed by atoms with E-state index in [1.165, 1.54) is 10.4 Å². The predicted octanol–water partition coefficient (Wildman–Crippen LogP) is 2.56. The van der Waals surface area contributed by atoms with E-state index in [0.717, 1.165) is 50.5 Å². The maximum atomic E-state index is 13.0. The van der Waals surface area contributed by atoms with E-state index < -0.39 is 10.0 Å². The number of fused-ring (bicyclic) bond motifs is 2. The van der Waals surface area contributed by atoms with Crippen molar-refractivity contribution in [2.75, 3.05) is 69.7 Å². The number of nitrogens with zero attached hydrogens (tertiary/aromatic N) is 6. The minimum absolute atomic E-state index is 0.0184. The zero-order valence-electron chi connectivity index (χ0n) is 25.8. The van der Waals surface area contributed by atoms with Crippen molar-refractivity contribution in [2.45, 2.75) is 26.3 Å². The highest BCUT2D eigenvalue weighted by Gasteiger charge is 2.28. The van der Waals surface area contributed by atoms with Crippen LogP contribution in [-0.4, -0.2) is 114 Å². The van der Waals surface area contributed by atoms with Crippen molar-refractivity contribution in [3.05, 3.63) is 47.5 Å². The summed E-state index contributed by atoms with van der Waals surface area (Å²) in [5, 5.41) is 10.8. The molecule has 0 aliphatic carbocycles. The van der Waals surface area contributed by atoms with Gasteiger partial charge in [0.2, 0.25) is 15.9 Å². The smallest absolute Gasteiger partial charge is 0.220 e. The van der Waals surface area contributed by atoms with Gasteiger partial charge >= 0.3 is 0 Å². The Labute approximate surface area is 271 Å². The molecule has 0 unspecified atom stereocenters. The molecule has 2 aliphatic heterocycles. The number of amides is 1. The van der Waals surface area contributed by atoms with Gasteiger partial charge in [0.1, 0.15) is 0 Å². The average Bonchev–Trinajstić information content (AvgIpc) is 3.71. The van der Waals surface area contributed by atoms with Crippen molar-refractivity contribution < 1.29 is 22.7 Å². The van der Waals surface area contributed by atoms with E-state index >= 15 is 0 Å². The second kappa shape index (κ2) is 14.3. The van der Waals surface area contributed by atoms with Gasteiger partial charge in [-0.2, -0.15) is 9.40 Å². The number of thiophene rings is 1. The van der Waals surface area contributed by atoms with Gasteiger partial charge in [0.25, 0.3) is 0 Å². The van der Waals surface area contributed by atoms with Gasteiger partial charge in [-0.3, -0.25) is 19.6 Å². The van der Waals surface area contributed by atoms with Gasteiger partial charge in [0, 0.05) is 81.0 Å². The molecular formula is C31H38N8O5S2. The van der Waals surface area contributed by atoms with Gasteiger partial charge < -0.3 is 15.0 Å². The summed E-state index contributed by atoms with van der Waals surface area (Å²) in [4.78, 5) is 39.3. The fraction of sp³-hybridized carbons (Fsp3) is 0.452. The largest absolute Gasteiger partial charge is 0.378 e. The monoisotopic (exact) mass is 666 g/mol. The molecule has 6 rings (SSSR count). The molecule has 0 saturated carbocycles. The quantitative estimate of drug-likeness (QED) is 0.216. The molecule has 3 aromatic heterocycles. The third-order valence-electron chi connectivity index (χ3n) is 8.18. The van der Waals surface area contributed by atoms with Crippen molar-refractivity contribution in [1.29, 1.82) is 0 Å². The van der Waals surface area contributed by atoms with Crippen LogP contribution < -0.4 is 10.2 Å². The van der Waals surface area contributed by atoms with Crippen LogP contribution in [0.15, 0.2) is 42.6 Å². The molecule has 4 aromatic rings. The van der Waals surface area contributed by atoms with E-state index in [-0.39, 0.29) is 36.8 Å². The molecule has 1 aromatic carbocycles. The van der Waals surface area contributed by atoms with Crippen LogP contribution in [0.25, 0.3) is 32.5 Å². The minimum atomic E-state index is -3.52. The van der Waals surface area contributed by atoms with Crippen molar-refractivity contribution in [3.8, 4) is 11.4 Å². The number of piperazine rings is 1. The molecule has 244 valence electrons. The maximum Gasteiger partial charge on any atom is 0.220 e. The second-order valence-corrected chi connectivity index (χ2v) is 14.6. The molecule has 0 radical (unpaired) electrons. The van der Waals surface area contributed by atoms with Gasteiger partial charge in [-0.25, -0.2) is 18.4 Å². The van der Waals surface area contributed by atoms with E-state index in [1.807, 2.05) is 18.2 Å². The molecule has 2 saturated heterocycles. The van der Waals surface area contributed by atoms with Crippen LogP contribution >= 0.6 is 11.3 Å². The summed E-state index contributed by atoms with van der Waals surface area (Å²) in [6, 6.07) is 8.11. The number of morpholine rings is 1. The molecule has 0 bridgehead atoms. The number of aromatic amines is 1. The standard InChI is InChI=1S/C31H38N8O5S2/c1-2-4-22(40)7-8-28(41)32-9-18-46(42,43)39-12-10-37(11-13-39)21-23-19-27-29(45-23)31(38-14-16-44-17-15-38)35-30(34-27)24-5-3-6-26-25(24)20-33-36-26/h2-6,19-20H,7-18,21H2,1H3,(H,32,41)(H,33,36). The van der Waals surface area contributed by atoms with E-state index in [2.05, 4.69) is 31.4 Å². The van der Waals surface area contributed by atoms with Crippen molar-refractivity contribution in [3.63, 3.8) is 0 Å². The van der Waals surface area contributed by atoms with Gasteiger partial charge in [-0.05, 0) is 25.1 Å². The second-order valence-electron chi connectivity index (χ2n) is 11.3. The topological polar surface area (TPSA) is 154 Å². The summed E-state index contributed by atoms with van der Waals surface area (Å²) in [6.07, 6.45) is 5.01. The Balaban J connectivity index is 1.10. The molecule has 0 spiro atoms. The van der Waals surface area contributed by atoms with Crippen molar-refractivity contribution in [2.24, 2.45) is 0 Å². The Morgan fingerprint density at radius 1 is 1.09 bits per heavy atom. The fourth-order valence-electron chi connectivity index (χ4n) is 5.74. The number of anilines is 1. The molecular weight excluding hydrogens is 629 g/mol. The van der Waals surface area contributed by atoms with Crippen LogP contribution in [0.1, 0.15) is 24.6 Å². The summed E-state index contributed by atoms with van der Waals surface area (Å²) >= 11 is 1.68. The van der Waals surface area contributed by atoms with Gasteiger partial charge in [-0.15, -0.1) is 11.3 Å². The molecule has 5 heterocycles. The number of benzene rings is 1. The highest BCUT2D eigenvalue weighted by Crippen LogP contribution is 2.36. The van der Waals surface area contributed by atoms with Crippen molar-refractivity contribution in [1.82, 2.24) is 34.7 Å². The first-order valence-corrected chi connectivity index (χ1v) is 17.9. The Bertz CT molecular complexity index is 1840. The summed E-state index contributed by atoms with van der Waals surface area (Å²) in [7, 11) is -3.52. The fourth-order valence-corrected chi connectivity index (χ4v) is 8.24. The molecule has 2 fully saturated rings. The van der Waals surface area contributed by atoms with E-state index in [9.17, 15) is 18.0 Å². The summed E-state index contributed by atoms with van der Waals surface area (Å²) < 4.78 is 34.1. The first-order valence-electron chi connectivity index (χ1n) is 15.5. The number of carbonyl (C=O) groups excluding carboxylic acids is 2. The number of hydrogen-bond acceptors (Lipinski definition) is 11. The van der Waals surface area contributed by atoms with E-state index in [4.69, 9.17) is 14.7 Å². The molecule has 15 heteroatoms. The Hall–Kier alpha value is -3.76. The third kappa shape index (κ3) is 7.44. The Morgan fingerprint density at radius 3 is 2.67 bits per heavy atom. The normalized spacial score (nSPS) is 16.9. The zero-order chi connectivity index (χ0) is 32.1. The number of aromatic nitrogens is 4. The average molecular weight is 667 g/mol. The van der Waals surface area contributed by atoms with Gasteiger partial charge in [0.15, 0.2) is 17.4 Å². The maximum absolute atomic E-state index is 13.0. The first kappa shape index (κ1) is 32.2.